The van der Waals surface area contributed by atoms with Gasteiger partial charge in [-0.15, -0.1) is 0 Å². The summed E-state index contributed by atoms with van der Waals surface area (Å²) >= 11 is 6.27. The summed E-state index contributed by atoms with van der Waals surface area (Å²) < 4.78 is 38.6. The van der Waals surface area contributed by atoms with Crippen LogP contribution in [0.15, 0.2) is 59.4 Å². The standard InChI is InChI=1S/C20H20ClF3N4O2/c1-28(25)12-15(10-20(22,23)24)19(29)27-18-6-4-3-5-16(18)13-7-8-14(11-26-30-2)17(21)9-13/h3-9,11-12H,10,25H2,1-2H3,(H,27,29)/b15-12+,26-11+. The summed E-state index contributed by atoms with van der Waals surface area (Å²) in [5.74, 6) is 4.50. The number of carbonyl (C=O) groups excluding carboxylic acids is 1. The summed E-state index contributed by atoms with van der Waals surface area (Å²) in [5, 5.41) is 7.46. The molecule has 2 aromatic carbocycles. The van der Waals surface area contributed by atoms with Gasteiger partial charge < -0.3 is 15.2 Å². The van der Waals surface area contributed by atoms with Gasteiger partial charge in [-0.25, -0.2) is 5.84 Å². The van der Waals surface area contributed by atoms with Gasteiger partial charge in [-0.05, 0) is 17.7 Å². The van der Waals surface area contributed by atoms with E-state index in [1.807, 2.05) is 0 Å². The molecule has 0 aliphatic carbocycles. The molecule has 0 aliphatic rings. The lowest BCUT2D eigenvalue weighted by atomic mass is 10.0. The fourth-order valence-electron chi connectivity index (χ4n) is 2.60. The Kier molecular flexibility index (Phi) is 7.85. The van der Waals surface area contributed by atoms with Crippen LogP contribution in [-0.4, -0.2) is 37.5 Å². The van der Waals surface area contributed by atoms with Crippen molar-refractivity contribution < 1.29 is 22.8 Å². The van der Waals surface area contributed by atoms with Gasteiger partial charge in [-0.1, -0.05) is 47.1 Å². The molecule has 1 amide bonds. The quantitative estimate of drug-likeness (QED) is 0.286. The van der Waals surface area contributed by atoms with Crippen molar-refractivity contribution in [2.75, 3.05) is 19.5 Å². The topological polar surface area (TPSA) is 80.0 Å². The molecule has 0 heterocycles. The number of rotatable bonds is 7. The molecule has 2 aromatic rings. The molecule has 2 rings (SSSR count). The van der Waals surface area contributed by atoms with Gasteiger partial charge in [-0.3, -0.25) is 4.79 Å². The first-order valence-electron chi connectivity index (χ1n) is 8.62. The molecule has 10 heteroatoms. The smallest absolute Gasteiger partial charge is 0.393 e. The zero-order chi connectivity index (χ0) is 22.3. The Morgan fingerprint density at radius 2 is 2.00 bits per heavy atom. The maximum absolute atomic E-state index is 12.9. The monoisotopic (exact) mass is 440 g/mol. The number of para-hydroxylation sites is 1. The molecule has 0 unspecified atom stereocenters. The minimum atomic E-state index is -4.56. The molecular formula is C20H20ClF3N4O2. The predicted molar refractivity (Wildman–Crippen MR) is 111 cm³/mol. The molecule has 0 radical (unpaired) electrons. The van der Waals surface area contributed by atoms with Gasteiger partial charge in [0, 0.05) is 35.6 Å². The average Bonchev–Trinajstić information content (AvgIpc) is 2.65. The Labute approximate surface area is 176 Å². The zero-order valence-electron chi connectivity index (χ0n) is 16.2. The Morgan fingerprint density at radius 1 is 1.30 bits per heavy atom. The summed E-state index contributed by atoms with van der Waals surface area (Å²) in [6.45, 7) is 0. The number of oxime groups is 1. The van der Waals surface area contributed by atoms with Crippen molar-refractivity contribution in [2.24, 2.45) is 11.0 Å². The molecule has 30 heavy (non-hydrogen) atoms. The van der Waals surface area contributed by atoms with Crippen LogP contribution in [0.5, 0.6) is 0 Å². The van der Waals surface area contributed by atoms with Gasteiger partial charge in [0.1, 0.15) is 7.11 Å². The highest BCUT2D eigenvalue weighted by molar-refractivity contribution is 6.33. The number of anilines is 1. The minimum absolute atomic E-state index is 0.324. The van der Waals surface area contributed by atoms with E-state index < -0.39 is 24.1 Å². The van der Waals surface area contributed by atoms with Gasteiger partial charge in [0.25, 0.3) is 5.91 Å². The fraction of sp³-hybridized carbons (Fsp3) is 0.200. The highest BCUT2D eigenvalue weighted by Gasteiger charge is 2.32. The van der Waals surface area contributed by atoms with Crippen molar-refractivity contribution in [1.29, 1.82) is 0 Å². The molecule has 0 aromatic heterocycles. The Hall–Kier alpha value is -3.04. The second-order valence-electron chi connectivity index (χ2n) is 6.26. The van der Waals surface area contributed by atoms with Crippen molar-refractivity contribution in [2.45, 2.75) is 12.6 Å². The third-order valence-corrected chi connectivity index (χ3v) is 4.15. The van der Waals surface area contributed by atoms with Gasteiger partial charge in [0.05, 0.1) is 17.7 Å². The summed E-state index contributed by atoms with van der Waals surface area (Å²) in [7, 11) is 2.73. The molecule has 0 spiro atoms. The van der Waals surface area contributed by atoms with Crippen LogP contribution in [0.3, 0.4) is 0 Å². The Morgan fingerprint density at radius 3 is 2.60 bits per heavy atom. The number of carbonyl (C=O) groups is 1. The molecule has 6 nitrogen and oxygen atoms in total. The Balaban J connectivity index is 2.36. The molecular weight excluding hydrogens is 421 g/mol. The van der Waals surface area contributed by atoms with E-state index in [0.29, 0.717) is 27.4 Å². The summed E-state index contributed by atoms with van der Waals surface area (Å²) in [4.78, 5) is 17.2. The first-order chi connectivity index (χ1) is 14.1. The van der Waals surface area contributed by atoms with E-state index in [1.54, 1.807) is 42.5 Å². The molecule has 0 aliphatic heterocycles. The van der Waals surface area contributed by atoms with Crippen LogP contribution in [0.2, 0.25) is 5.02 Å². The van der Waals surface area contributed by atoms with Crippen LogP contribution in [-0.2, 0) is 9.63 Å². The largest absolute Gasteiger partial charge is 0.399 e. The number of amides is 1. The summed E-state index contributed by atoms with van der Waals surface area (Å²) in [6, 6.07) is 11.8. The summed E-state index contributed by atoms with van der Waals surface area (Å²) in [6.07, 6.45) is -3.60. The third kappa shape index (κ3) is 6.78. The maximum atomic E-state index is 12.9. The number of nitrogens with zero attached hydrogens (tertiary/aromatic N) is 2. The average molecular weight is 441 g/mol. The summed E-state index contributed by atoms with van der Waals surface area (Å²) in [5.41, 5.74) is 1.65. The minimum Gasteiger partial charge on any atom is -0.399 e. The van der Waals surface area contributed by atoms with Gasteiger partial charge >= 0.3 is 6.18 Å². The number of benzene rings is 2. The molecule has 0 saturated carbocycles. The number of hydrogen-bond donors (Lipinski definition) is 2. The van der Waals surface area contributed by atoms with E-state index in [0.717, 1.165) is 11.2 Å². The van der Waals surface area contributed by atoms with Gasteiger partial charge in [0.2, 0.25) is 0 Å². The van der Waals surface area contributed by atoms with Crippen LogP contribution in [0.25, 0.3) is 11.1 Å². The molecule has 3 N–H and O–H groups in total. The molecule has 0 bridgehead atoms. The molecule has 0 atom stereocenters. The van der Waals surface area contributed by atoms with Crippen LogP contribution >= 0.6 is 11.6 Å². The first kappa shape index (κ1) is 23.2. The second-order valence-corrected chi connectivity index (χ2v) is 6.67. The van der Waals surface area contributed by atoms with E-state index in [-0.39, 0.29) is 0 Å². The van der Waals surface area contributed by atoms with Gasteiger partial charge in [0.15, 0.2) is 0 Å². The van der Waals surface area contributed by atoms with Crippen LogP contribution in [0.4, 0.5) is 18.9 Å². The van der Waals surface area contributed by atoms with Crippen molar-refractivity contribution in [3.05, 3.63) is 64.8 Å². The lowest BCUT2D eigenvalue weighted by Crippen LogP contribution is -2.26. The first-order valence-corrected chi connectivity index (χ1v) is 9.00. The van der Waals surface area contributed by atoms with Crippen LogP contribution < -0.4 is 11.2 Å². The number of hydrogen-bond acceptors (Lipinski definition) is 5. The van der Waals surface area contributed by atoms with Crippen molar-refractivity contribution >= 4 is 29.4 Å². The van der Waals surface area contributed by atoms with E-state index in [4.69, 9.17) is 17.4 Å². The van der Waals surface area contributed by atoms with Gasteiger partial charge in [-0.2, -0.15) is 13.2 Å². The Bertz CT molecular complexity index is 959. The normalized spacial score (nSPS) is 12.2. The number of hydrazine groups is 1. The molecule has 160 valence electrons. The van der Waals surface area contributed by atoms with E-state index >= 15 is 0 Å². The lowest BCUT2D eigenvalue weighted by Gasteiger charge is -2.16. The van der Waals surface area contributed by atoms with Crippen molar-refractivity contribution in [1.82, 2.24) is 5.01 Å². The van der Waals surface area contributed by atoms with E-state index in [1.165, 1.54) is 20.4 Å². The highest BCUT2D eigenvalue weighted by atomic mass is 35.5. The third-order valence-electron chi connectivity index (χ3n) is 3.83. The lowest BCUT2D eigenvalue weighted by molar-refractivity contribution is -0.132. The maximum Gasteiger partial charge on any atom is 0.393 e. The second kappa shape index (κ2) is 10.1. The van der Waals surface area contributed by atoms with Crippen LogP contribution in [0.1, 0.15) is 12.0 Å². The SMILES string of the molecule is CO/N=C/c1ccc(-c2ccccc2NC(=O)/C(=C/N(C)N)CC(F)(F)F)cc1Cl. The number of nitrogens with two attached hydrogens (primary N) is 1. The molecule has 0 fully saturated rings. The number of nitrogens with one attached hydrogen (secondary N) is 1. The van der Waals surface area contributed by atoms with E-state index in [9.17, 15) is 18.0 Å². The highest BCUT2D eigenvalue weighted by Crippen LogP contribution is 2.32. The number of halogens is 4. The van der Waals surface area contributed by atoms with E-state index in [2.05, 4.69) is 15.3 Å². The van der Waals surface area contributed by atoms with Crippen molar-refractivity contribution in [3.63, 3.8) is 0 Å². The fourth-order valence-corrected chi connectivity index (χ4v) is 2.83. The molecule has 0 saturated heterocycles. The van der Waals surface area contributed by atoms with Crippen LogP contribution in [0, 0.1) is 0 Å². The number of alkyl halides is 3. The predicted octanol–water partition coefficient (Wildman–Crippen LogP) is 4.57. The van der Waals surface area contributed by atoms with Crippen molar-refractivity contribution in [3.8, 4) is 11.1 Å². The zero-order valence-corrected chi connectivity index (χ0v) is 17.0.